The second kappa shape index (κ2) is 7.05. The minimum Gasteiger partial charge on any atom is -0.351 e. The quantitative estimate of drug-likeness (QED) is 0.544. The molecule has 1 rings (SSSR count). The third kappa shape index (κ3) is 4.84. The number of nitrogens with zero attached hydrogens (tertiary/aromatic N) is 2. The zero-order chi connectivity index (χ0) is 14.4. The van der Waals surface area contributed by atoms with Gasteiger partial charge in [-0.15, -0.1) is 0 Å². The van der Waals surface area contributed by atoms with Gasteiger partial charge in [0.25, 0.3) is 0 Å². The van der Waals surface area contributed by atoms with E-state index < -0.39 is 11.9 Å². The van der Waals surface area contributed by atoms with E-state index in [4.69, 9.17) is 5.73 Å². The van der Waals surface area contributed by atoms with Gasteiger partial charge in [0, 0.05) is 46.7 Å². The van der Waals surface area contributed by atoms with Gasteiger partial charge in [0.2, 0.25) is 11.8 Å². The third-order valence-electron chi connectivity index (χ3n) is 2.97. The first-order chi connectivity index (χ1) is 8.91. The summed E-state index contributed by atoms with van der Waals surface area (Å²) in [6.07, 6.45) is 0.139. The number of nitrogens with two attached hydrogens (primary N) is 1. The number of likely N-dealkylation sites (N-methyl/N-ethyl adjacent to an activating group) is 1. The van der Waals surface area contributed by atoms with E-state index in [1.807, 2.05) is 10.2 Å². The highest BCUT2D eigenvalue weighted by molar-refractivity contribution is 5.93. The number of carbonyl (C=O) groups excluding carboxylic acids is 3. The first-order valence-electron chi connectivity index (χ1n) is 6.17. The molecule has 0 radical (unpaired) electrons. The van der Waals surface area contributed by atoms with Crippen LogP contribution in [0.2, 0.25) is 0 Å². The van der Waals surface area contributed by atoms with Crippen LogP contribution in [0.15, 0.2) is 0 Å². The summed E-state index contributed by atoms with van der Waals surface area (Å²) in [6.45, 7) is 2.45. The van der Waals surface area contributed by atoms with Gasteiger partial charge in [-0.25, -0.2) is 4.79 Å². The van der Waals surface area contributed by atoms with Crippen molar-refractivity contribution in [2.24, 2.45) is 5.73 Å². The van der Waals surface area contributed by atoms with Crippen LogP contribution in [-0.2, 0) is 9.59 Å². The molecule has 1 aliphatic heterocycles. The van der Waals surface area contributed by atoms with Gasteiger partial charge < -0.3 is 16.0 Å². The van der Waals surface area contributed by atoms with E-state index in [1.165, 1.54) is 4.90 Å². The minimum atomic E-state index is -0.855. The topological polar surface area (TPSA) is 108 Å². The number of rotatable bonds is 4. The molecule has 4 amide bonds. The summed E-state index contributed by atoms with van der Waals surface area (Å²) in [6, 6.07) is -1.13. The Morgan fingerprint density at radius 3 is 2.68 bits per heavy atom. The summed E-state index contributed by atoms with van der Waals surface area (Å²) in [4.78, 5) is 37.4. The number of imide groups is 1. The predicted molar refractivity (Wildman–Crippen MR) is 69.3 cm³/mol. The second-order valence-corrected chi connectivity index (χ2v) is 4.65. The maximum Gasteiger partial charge on any atom is 0.318 e. The highest BCUT2D eigenvalue weighted by Crippen LogP contribution is 2.06. The summed E-state index contributed by atoms with van der Waals surface area (Å²) in [5, 5.41) is 5.17. The molecular formula is C11H21N5O3. The minimum absolute atomic E-state index is 0.00232. The van der Waals surface area contributed by atoms with Gasteiger partial charge in [-0.3, -0.25) is 19.8 Å². The number of carbonyl (C=O) groups is 3. The van der Waals surface area contributed by atoms with Crippen LogP contribution in [0, 0.1) is 0 Å². The van der Waals surface area contributed by atoms with Gasteiger partial charge in [-0.05, 0) is 0 Å². The van der Waals surface area contributed by atoms with Crippen LogP contribution in [0.5, 0.6) is 0 Å². The first kappa shape index (κ1) is 15.4. The Labute approximate surface area is 112 Å². The number of hydrogen-bond donors (Lipinski definition) is 3. The van der Waals surface area contributed by atoms with Crippen molar-refractivity contribution in [3.63, 3.8) is 0 Å². The summed E-state index contributed by atoms with van der Waals surface area (Å²) in [7, 11) is 3.41. The number of piperazine rings is 1. The summed E-state index contributed by atoms with van der Waals surface area (Å²) < 4.78 is 0. The van der Waals surface area contributed by atoms with Crippen molar-refractivity contribution in [3.8, 4) is 0 Å². The number of hydrogen-bond acceptors (Lipinski definition) is 5. The van der Waals surface area contributed by atoms with E-state index in [9.17, 15) is 14.4 Å². The van der Waals surface area contributed by atoms with Crippen molar-refractivity contribution >= 4 is 17.8 Å². The average molecular weight is 271 g/mol. The molecule has 1 unspecified atom stereocenters. The maximum absolute atomic E-state index is 12.0. The molecule has 8 heteroatoms. The zero-order valence-corrected chi connectivity index (χ0v) is 11.3. The van der Waals surface area contributed by atoms with Crippen LogP contribution >= 0.6 is 0 Å². The SMILES string of the molecule is CN(C)C(=O)C1CNCCN1CCC(=O)NC(N)=O. The molecule has 0 aromatic carbocycles. The molecule has 0 aromatic rings. The van der Waals surface area contributed by atoms with Crippen LogP contribution in [0.4, 0.5) is 4.79 Å². The van der Waals surface area contributed by atoms with Crippen molar-refractivity contribution in [1.29, 1.82) is 0 Å². The maximum atomic E-state index is 12.0. The molecule has 19 heavy (non-hydrogen) atoms. The molecule has 0 bridgehead atoms. The molecule has 1 atom stereocenters. The fraction of sp³-hybridized carbons (Fsp3) is 0.727. The van der Waals surface area contributed by atoms with Crippen molar-refractivity contribution in [1.82, 2.24) is 20.4 Å². The van der Waals surface area contributed by atoms with E-state index in [1.54, 1.807) is 14.1 Å². The van der Waals surface area contributed by atoms with Crippen LogP contribution in [0.25, 0.3) is 0 Å². The van der Waals surface area contributed by atoms with E-state index in [2.05, 4.69) is 5.32 Å². The molecule has 4 N–H and O–H groups in total. The normalized spacial score (nSPS) is 19.8. The van der Waals surface area contributed by atoms with E-state index >= 15 is 0 Å². The van der Waals surface area contributed by atoms with Crippen molar-refractivity contribution < 1.29 is 14.4 Å². The van der Waals surface area contributed by atoms with E-state index in [-0.39, 0.29) is 18.4 Å². The Bertz CT molecular complexity index is 358. The standard InChI is InChI=1S/C11H21N5O3/c1-15(2)10(18)8-7-13-4-6-16(8)5-3-9(17)14-11(12)19/h8,13H,3-7H2,1-2H3,(H3,12,14,17,19). The molecule has 0 saturated carbocycles. The fourth-order valence-electron chi connectivity index (χ4n) is 2.00. The predicted octanol–water partition coefficient (Wildman–Crippen LogP) is -2.07. The molecule has 0 aliphatic carbocycles. The van der Waals surface area contributed by atoms with Crippen molar-refractivity contribution in [2.45, 2.75) is 12.5 Å². The van der Waals surface area contributed by atoms with Gasteiger partial charge in [0.1, 0.15) is 6.04 Å². The Hall–Kier alpha value is -1.67. The molecule has 1 heterocycles. The number of urea groups is 1. The molecule has 1 aliphatic rings. The summed E-state index contributed by atoms with van der Waals surface area (Å²) in [5.74, 6) is -0.426. The highest BCUT2D eigenvalue weighted by Gasteiger charge is 2.29. The van der Waals surface area contributed by atoms with Crippen LogP contribution in [0.3, 0.4) is 0 Å². The Kier molecular flexibility index (Phi) is 5.71. The second-order valence-electron chi connectivity index (χ2n) is 4.65. The Morgan fingerprint density at radius 1 is 1.42 bits per heavy atom. The largest absolute Gasteiger partial charge is 0.351 e. The van der Waals surface area contributed by atoms with Crippen LogP contribution in [0.1, 0.15) is 6.42 Å². The molecule has 0 spiro atoms. The monoisotopic (exact) mass is 271 g/mol. The number of amides is 4. The smallest absolute Gasteiger partial charge is 0.318 e. The average Bonchev–Trinajstić information content (AvgIpc) is 2.35. The molecule has 108 valence electrons. The Morgan fingerprint density at radius 2 is 2.11 bits per heavy atom. The summed E-state index contributed by atoms with van der Waals surface area (Å²) in [5.41, 5.74) is 4.86. The lowest BCUT2D eigenvalue weighted by Gasteiger charge is -2.36. The lowest BCUT2D eigenvalue weighted by Crippen LogP contribution is -2.58. The fourth-order valence-corrected chi connectivity index (χ4v) is 2.00. The van der Waals surface area contributed by atoms with Gasteiger partial charge in [0.05, 0.1) is 0 Å². The van der Waals surface area contributed by atoms with Gasteiger partial charge >= 0.3 is 6.03 Å². The first-order valence-corrected chi connectivity index (χ1v) is 6.17. The lowest BCUT2D eigenvalue weighted by molar-refractivity contribution is -0.135. The molecule has 1 saturated heterocycles. The van der Waals surface area contributed by atoms with Crippen molar-refractivity contribution in [3.05, 3.63) is 0 Å². The van der Waals surface area contributed by atoms with Crippen LogP contribution < -0.4 is 16.4 Å². The van der Waals surface area contributed by atoms with E-state index in [0.29, 0.717) is 19.6 Å². The van der Waals surface area contributed by atoms with Gasteiger partial charge in [-0.2, -0.15) is 0 Å². The molecule has 0 aromatic heterocycles. The number of primary amides is 1. The molecular weight excluding hydrogens is 250 g/mol. The van der Waals surface area contributed by atoms with Gasteiger partial charge in [-0.1, -0.05) is 0 Å². The third-order valence-corrected chi connectivity index (χ3v) is 2.97. The highest BCUT2D eigenvalue weighted by atomic mass is 16.2. The van der Waals surface area contributed by atoms with Gasteiger partial charge in [0.15, 0.2) is 0 Å². The number of nitrogens with one attached hydrogen (secondary N) is 2. The zero-order valence-electron chi connectivity index (χ0n) is 11.3. The summed E-state index contributed by atoms with van der Waals surface area (Å²) >= 11 is 0. The molecule has 8 nitrogen and oxygen atoms in total. The van der Waals surface area contributed by atoms with E-state index in [0.717, 1.165) is 6.54 Å². The Balaban J connectivity index is 2.51. The molecule has 1 fully saturated rings. The van der Waals surface area contributed by atoms with Crippen LogP contribution in [-0.4, -0.2) is 74.0 Å². The lowest BCUT2D eigenvalue weighted by atomic mass is 10.1. The van der Waals surface area contributed by atoms with Crippen molar-refractivity contribution in [2.75, 3.05) is 40.3 Å².